The molecule has 98 valence electrons. The van der Waals surface area contributed by atoms with Crippen LogP contribution in [0.2, 0.25) is 0 Å². The van der Waals surface area contributed by atoms with Gasteiger partial charge in [-0.15, -0.1) is 0 Å². The molecule has 0 aliphatic heterocycles. The van der Waals surface area contributed by atoms with Crippen molar-refractivity contribution in [3.05, 3.63) is 29.8 Å². The van der Waals surface area contributed by atoms with Crippen molar-refractivity contribution in [1.29, 1.82) is 0 Å². The highest BCUT2D eigenvalue weighted by Gasteiger charge is 2.18. The molecule has 0 unspecified atom stereocenters. The fourth-order valence-electron chi connectivity index (χ4n) is 1.66. The summed E-state index contributed by atoms with van der Waals surface area (Å²) in [6.45, 7) is 6.64. The van der Waals surface area contributed by atoms with Gasteiger partial charge in [0.1, 0.15) is 6.29 Å². The van der Waals surface area contributed by atoms with E-state index in [0.717, 1.165) is 17.5 Å². The average Bonchev–Trinajstić information content (AvgIpc) is 2.28. The molecule has 2 N–H and O–H groups in total. The number of benzene rings is 1. The summed E-state index contributed by atoms with van der Waals surface area (Å²) in [5.41, 5.74) is 1.84. The van der Waals surface area contributed by atoms with E-state index in [1.807, 2.05) is 24.3 Å². The van der Waals surface area contributed by atoms with Crippen molar-refractivity contribution in [2.24, 2.45) is 0 Å². The summed E-state index contributed by atoms with van der Waals surface area (Å²) in [6, 6.07) is 7.43. The largest absolute Gasteiger partial charge is 0.337 e. The number of nitrogens with one attached hydrogen (secondary N) is 2. The smallest absolute Gasteiger partial charge is 0.319 e. The number of urea groups is 1. The van der Waals surface area contributed by atoms with E-state index in [9.17, 15) is 9.59 Å². The van der Waals surface area contributed by atoms with E-state index in [0.29, 0.717) is 13.0 Å². The lowest BCUT2D eigenvalue weighted by Gasteiger charge is -2.23. The molecule has 1 aromatic carbocycles. The Morgan fingerprint density at radius 1 is 1.28 bits per heavy atom. The van der Waals surface area contributed by atoms with Crippen LogP contribution in [-0.4, -0.2) is 18.9 Å². The number of amides is 2. The zero-order chi connectivity index (χ0) is 13.6. The molecule has 0 atom stereocenters. The van der Waals surface area contributed by atoms with Gasteiger partial charge in [-0.3, -0.25) is 0 Å². The molecule has 0 heterocycles. The minimum atomic E-state index is -0.284. The fourth-order valence-corrected chi connectivity index (χ4v) is 1.66. The number of aldehydes is 1. The molecule has 0 radical (unpaired) electrons. The van der Waals surface area contributed by atoms with E-state index in [1.54, 1.807) is 0 Å². The Hall–Kier alpha value is -1.84. The van der Waals surface area contributed by atoms with Gasteiger partial charge in [0.2, 0.25) is 0 Å². The SMILES string of the molecule is CC(C)(C)c1ccccc1NC(=O)NCCC=O. The van der Waals surface area contributed by atoms with Gasteiger partial charge in [0, 0.05) is 18.7 Å². The van der Waals surface area contributed by atoms with E-state index in [-0.39, 0.29) is 11.4 Å². The lowest BCUT2D eigenvalue weighted by atomic mass is 9.86. The number of para-hydroxylation sites is 1. The second kappa shape index (κ2) is 6.19. The first-order valence-corrected chi connectivity index (χ1v) is 6.03. The van der Waals surface area contributed by atoms with Crippen molar-refractivity contribution in [2.75, 3.05) is 11.9 Å². The van der Waals surface area contributed by atoms with E-state index in [4.69, 9.17) is 0 Å². The van der Waals surface area contributed by atoms with Crippen molar-refractivity contribution in [2.45, 2.75) is 32.6 Å². The third kappa shape index (κ3) is 4.20. The maximum atomic E-state index is 11.6. The van der Waals surface area contributed by atoms with Crippen LogP contribution in [0.5, 0.6) is 0 Å². The lowest BCUT2D eigenvalue weighted by Crippen LogP contribution is -2.30. The zero-order valence-corrected chi connectivity index (χ0v) is 11.1. The first-order chi connectivity index (χ1) is 8.45. The summed E-state index contributed by atoms with van der Waals surface area (Å²) < 4.78 is 0. The summed E-state index contributed by atoms with van der Waals surface area (Å²) in [6.07, 6.45) is 1.11. The Bertz CT molecular complexity index is 422. The molecule has 0 saturated heterocycles. The number of hydrogen-bond donors (Lipinski definition) is 2. The van der Waals surface area contributed by atoms with Crippen molar-refractivity contribution >= 4 is 18.0 Å². The monoisotopic (exact) mass is 248 g/mol. The van der Waals surface area contributed by atoms with Gasteiger partial charge in [-0.2, -0.15) is 0 Å². The van der Waals surface area contributed by atoms with E-state index in [1.165, 1.54) is 0 Å². The normalized spacial score (nSPS) is 10.8. The molecule has 0 aromatic heterocycles. The zero-order valence-electron chi connectivity index (χ0n) is 11.1. The third-order valence-electron chi connectivity index (χ3n) is 2.53. The number of carbonyl (C=O) groups is 2. The Kier molecular flexibility index (Phi) is 4.89. The minimum absolute atomic E-state index is 0.0350. The maximum Gasteiger partial charge on any atom is 0.319 e. The van der Waals surface area contributed by atoms with E-state index >= 15 is 0 Å². The first-order valence-electron chi connectivity index (χ1n) is 6.03. The predicted octanol–water partition coefficient (Wildman–Crippen LogP) is 2.69. The molecule has 0 fully saturated rings. The van der Waals surface area contributed by atoms with Gasteiger partial charge in [0.15, 0.2) is 0 Å². The van der Waals surface area contributed by atoms with Crippen LogP contribution >= 0.6 is 0 Å². The summed E-state index contributed by atoms with van der Waals surface area (Å²) in [7, 11) is 0. The van der Waals surface area contributed by atoms with Gasteiger partial charge in [-0.1, -0.05) is 39.0 Å². The van der Waals surface area contributed by atoms with Crippen molar-refractivity contribution in [3.8, 4) is 0 Å². The van der Waals surface area contributed by atoms with Crippen LogP contribution in [0, 0.1) is 0 Å². The van der Waals surface area contributed by atoms with Gasteiger partial charge in [0.25, 0.3) is 0 Å². The first kappa shape index (κ1) is 14.2. The average molecular weight is 248 g/mol. The summed E-state index contributed by atoms with van der Waals surface area (Å²) in [5, 5.41) is 5.44. The van der Waals surface area contributed by atoms with Gasteiger partial charge < -0.3 is 15.4 Å². The fraction of sp³-hybridized carbons (Fsp3) is 0.429. The molecule has 4 heteroatoms. The highest BCUT2D eigenvalue weighted by molar-refractivity contribution is 5.90. The molecule has 4 nitrogen and oxygen atoms in total. The van der Waals surface area contributed by atoms with E-state index < -0.39 is 0 Å². The van der Waals surface area contributed by atoms with Crippen LogP contribution < -0.4 is 10.6 Å². The molecule has 0 aliphatic rings. The number of hydrogen-bond acceptors (Lipinski definition) is 2. The summed E-state index contributed by atoms with van der Waals surface area (Å²) in [4.78, 5) is 21.8. The van der Waals surface area contributed by atoms with Crippen LogP contribution in [0.15, 0.2) is 24.3 Å². The van der Waals surface area contributed by atoms with Gasteiger partial charge >= 0.3 is 6.03 Å². The van der Waals surface area contributed by atoms with Gasteiger partial charge in [0.05, 0.1) is 0 Å². The summed E-state index contributed by atoms with van der Waals surface area (Å²) >= 11 is 0. The third-order valence-corrected chi connectivity index (χ3v) is 2.53. The number of anilines is 1. The van der Waals surface area contributed by atoms with Crippen LogP contribution in [0.3, 0.4) is 0 Å². The highest BCUT2D eigenvalue weighted by atomic mass is 16.2. The Balaban J connectivity index is 2.72. The molecule has 0 saturated carbocycles. The molecule has 2 amide bonds. The van der Waals surface area contributed by atoms with E-state index in [2.05, 4.69) is 31.4 Å². The van der Waals surface area contributed by atoms with Crippen LogP contribution in [-0.2, 0) is 10.2 Å². The van der Waals surface area contributed by atoms with Crippen LogP contribution in [0.25, 0.3) is 0 Å². The van der Waals surface area contributed by atoms with Crippen molar-refractivity contribution in [3.63, 3.8) is 0 Å². The highest BCUT2D eigenvalue weighted by Crippen LogP contribution is 2.28. The van der Waals surface area contributed by atoms with Gasteiger partial charge in [-0.25, -0.2) is 4.79 Å². The molecule has 0 spiro atoms. The van der Waals surface area contributed by atoms with Crippen molar-refractivity contribution in [1.82, 2.24) is 5.32 Å². The van der Waals surface area contributed by atoms with Crippen LogP contribution in [0.4, 0.5) is 10.5 Å². The quantitative estimate of drug-likeness (QED) is 0.635. The Morgan fingerprint density at radius 2 is 1.94 bits per heavy atom. The molecule has 0 aliphatic carbocycles. The molecule has 1 rings (SSSR count). The van der Waals surface area contributed by atoms with Crippen molar-refractivity contribution < 1.29 is 9.59 Å². The summed E-state index contributed by atoms with van der Waals surface area (Å²) in [5.74, 6) is 0. The standard InChI is InChI=1S/C14H20N2O2/c1-14(2,3)11-7-4-5-8-12(11)16-13(18)15-9-6-10-17/h4-5,7-8,10H,6,9H2,1-3H3,(H2,15,16,18). The molecule has 0 bridgehead atoms. The molecular formula is C14H20N2O2. The van der Waals surface area contributed by atoms with Crippen LogP contribution in [0.1, 0.15) is 32.8 Å². The molecular weight excluding hydrogens is 228 g/mol. The molecule has 1 aromatic rings. The van der Waals surface area contributed by atoms with Gasteiger partial charge in [-0.05, 0) is 17.0 Å². The predicted molar refractivity (Wildman–Crippen MR) is 72.8 cm³/mol. The Morgan fingerprint density at radius 3 is 2.56 bits per heavy atom. The topological polar surface area (TPSA) is 58.2 Å². The minimum Gasteiger partial charge on any atom is -0.337 e. The second-order valence-electron chi connectivity index (χ2n) is 5.13. The lowest BCUT2D eigenvalue weighted by molar-refractivity contribution is -0.107. The number of carbonyl (C=O) groups excluding carboxylic acids is 2. The molecule has 18 heavy (non-hydrogen) atoms. The second-order valence-corrected chi connectivity index (χ2v) is 5.13. The number of rotatable bonds is 4. The maximum absolute atomic E-state index is 11.6. The Labute approximate surface area is 108 Å².